The zero-order valence-corrected chi connectivity index (χ0v) is 29.1. The van der Waals surface area contributed by atoms with Gasteiger partial charge in [-0.3, -0.25) is 0 Å². The van der Waals surface area contributed by atoms with Crippen LogP contribution in [-0.4, -0.2) is 18.2 Å². The summed E-state index contributed by atoms with van der Waals surface area (Å²) in [5, 5.41) is 12.7. The average molecular weight is 697 g/mol. The van der Waals surface area contributed by atoms with E-state index in [9.17, 15) is 0 Å². The molecule has 2 aromatic heterocycles. The molecule has 1 unspecified atom stereocenters. The fourth-order valence-electron chi connectivity index (χ4n) is 8.10. The van der Waals surface area contributed by atoms with E-state index in [0.29, 0.717) is 12.4 Å². The molecule has 0 fully saturated rings. The molecule has 0 saturated heterocycles. The van der Waals surface area contributed by atoms with Crippen LogP contribution in [-0.2, 0) is 0 Å². The zero-order valence-electron chi connectivity index (χ0n) is 29.1. The third-order valence-electron chi connectivity index (χ3n) is 10.6. The fourth-order valence-corrected chi connectivity index (χ4v) is 8.10. The lowest BCUT2D eigenvalue weighted by atomic mass is 9.92. The Morgan fingerprint density at radius 1 is 0.519 bits per heavy atom. The van der Waals surface area contributed by atoms with E-state index in [1.165, 1.54) is 0 Å². The number of hydrogen-bond donors (Lipinski definition) is 2. The van der Waals surface area contributed by atoms with Crippen LogP contribution in [0.15, 0.2) is 183 Å². The van der Waals surface area contributed by atoms with Gasteiger partial charge < -0.3 is 19.5 Å². The summed E-state index contributed by atoms with van der Waals surface area (Å²) >= 11 is 0. The number of rotatable bonds is 5. The number of hydrogen-bond acceptors (Lipinski definition) is 6. The van der Waals surface area contributed by atoms with E-state index in [4.69, 9.17) is 18.8 Å². The molecule has 7 aromatic carbocycles. The summed E-state index contributed by atoms with van der Waals surface area (Å²) in [6, 6.07) is 54.9. The summed E-state index contributed by atoms with van der Waals surface area (Å²) in [6.45, 7) is 0.625. The normalized spacial score (nSPS) is 15.4. The van der Waals surface area contributed by atoms with Crippen molar-refractivity contribution in [1.29, 1.82) is 0 Å². The van der Waals surface area contributed by atoms with Gasteiger partial charge in [0.05, 0.1) is 5.56 Å². The van der Waals surface area contributed by atoms with Crippen LogP contribution in [0.5, 0.6) is 0 Å². The number of amidine groups is 2. The summed E-state index contributed by atoms with van der Waals surface area (Å²) in [6.07, 6.45) is 1.84. The predicted molar refractivity (Wildman–Crippen MR) is 221 cm³/mol. The van der Waals surface area contributed by atoms with Gasteiger partial charge in [-0.25, -0.2) is 9.98 Å². The molecule has 1 atom stereocenters. The molecule has 0 saturated carbocycles. The number of nitrogens with one attached hydrogen (secondary N) is 2. The van der Waals surface area contributed by atoms with E-state index in [1.807, 2.05) is 42.5 Å². The molecule has 0 bridgehead atoms. The Morgan fingerprint density at radius 2 is 1.15 bits per heavy atom. The highest BCUT2D eigenvalue weighted by atomic mass is 16.4. The van der Waals surface area contributed by atoms with E-state index in [1.54, 1.807) is 0 Å². The highest BCUT2D eigenvalue weighted by Gasteiger charge is 2.29. The van der Waals surface area contributed by atoms with Gasteiger partial charge in [-0.1, -0.05) is 146 Å². The molecule has 6 nitrogen and oxygen atoms in total. The predicted octanol–water partition coefficient (Wildman–Crippen LogP) is 11.8. The first-order valence-corrected chi connectivity index (χ1v) is 18.2. The maximum atomic E-state index is 6.24. The Labute approximate surface area is 310 Å². The molecule has 2 aliphatic heterocycles. The average Bonchev–Trinajstić information content (AvgIpc) is 3.82. The van der Waals surface area contributed by atoms with Gasteiger partial charge in [0.25, 0.3) is 0 Å². The largest absolute Gasteiger partial charge is 0.456 e. The number of para-hydroxylation sites is 2. The first-order valence-electron chi connectivity index (χ1n) is 18.2. The topological polar surface area (TPSA) is 75.1 Å². The maximum Gasteiger partial charge on any atom is 0.202 e. The van der Waals surface area contributed by atoms with Crippen molar-refractivity contribution in [2.24, 2.45) is 9.98 Å². The first kappa shape index (κ1) is 30.4. The SMILES string of the molecule is C1=C(C2=NC(c3ccccc3)NC(c3ccc(-c4ccc(-c5cccc6oc7ccccc7c56)cc4)c4ccccc34)=N2)c2c(oc3ccccc23)NC1. The van der Waals surface area contributed by atoms with Crippen LogP contribution in [0.3, 0.4) is 0 Å². The lowest BCUT2D eigenvalue weighted by Crippen LogP contribution is -2.34. The van der Waals surface area contributed by atoms with Gasteiger partial charge in [0, 0.05) is 33.8 Å². The van der Waals surface area contributed by atoms with E-state index < -0.39 is 0 Å². The number of aliphatic imine (C=N–C) groups is 2. The Kier molecular flexibility index (Phi) is 6.89. The molecule has 2 aliphatic rings. The highest BCUT2D eigenvalue weighted by molar-refractivity contribution is 6.32. The minimum Gasteiger partial charge on any atom is -0.456 e. The molecule has 11 rings (SSSR count). The van der Waals surface area contributed by atoms with Crippen molar-refractivity contribution in [2.75, 3.05) is 11.9 Å². The summed E-state index contributed by atoms with van der Waals surface area (Å²) in [4.78, 5) is 10.5. The van der Waals surface area contributed by atoms with Crippen molar-refractivity contribution in [2.45, 2.75) is 6.17 Å². The number of fused-ring (bicyclic) bond motifs is 7. The molecule has 0 radical (unpaired) electrons. The third-order valence-corrected chi connectivity index (χ3v) is 10.6. The lowest BCUT2D eigenvalue weighted by Gasteiger charge is -2.26. The molecular weight excluding hydrogens is 665 g/mol. The minimum absolute atomic E-state index is 0.325. The van der Waals surface area contributed by atoms with Crippen molar-refractivity contribution in [3.05, 3.63) is 180 Å². The Balaban J connectivity index is 1.01. The molecule has 9 aromatic rings. The maximum absolute atomic E-state index is 6.24. The van der Waals surface area contributed by atoms with Crippen molar-refractivity contribution in [3.63, 3.8) is 0 Å². The quantitative estimate of drug-likeness (QED) is 0.188. The van der Waals surface area contributed by atoms with Crippen LogP contribution in [0.2, 0.25) is 0 Å². The molecule has 0 spiro atoms. The molecule has 4 heterocycles. The van der Waals surface area contributed by atoms with Crippen molar-refractivity contribution >= 4 is 66.8 Å². The second-order valence-corrected chi connectivity index (χ2v) is 13.7. The van der Waals surface area contributed by atoms with Crippen molar-refractivity contribution in [3.8, 4) is 22.3 Å². The van der Waals surface area contributed by atoms with Gasteiger partial charge in [-0.2, -0.15) is 0 Å². The molecule has 6 heteroatoms. The van der Waals surface area contributed by atoms with Gasteiger partial charge in [0.2, 0.25) is 5.88 Å². The van der Waals surface area contributed by atoms with Crippen LogP contribution >= 0.6 is 0 Å². The zero-order chi connectivity index (χ0) is 35.6. The molecule has 0 aliphatic carbocycles. The molecular formula is C48H32N4O2. The standard InChI is InChI=1S/C48H32N4O2/c1-2-11-31(12-3-1)45-50-46(52-47(51-45)39-27-28-49-48-44(39)38-16-7-9-19-41(38)54-48)36-26-25-32(34-13-4-5-14-35(34)36)29-21-23-30(24-22-29)33-17-10-20-42-43(33)37-15-6-8-18-40(37)53-42/h1-27,45,49H,28H2,(H,50,51,52). The van der Waals surface area contributed by atoms with Crippen molar-refractivity contribution in [1.82, 2.24) is 5.32 Å². The fraction of sp³-hybridized carbons (Fsp3) is 0.0417. The molecule has 54 heavy (non-hydrogen) atoms. The number of nitrogens with zero attached hydrogens (tertiary/aromatic N) is 2. The van der Waals surface area contributed by atoms with Crippen LogP contribution in [0, 0.1) is 0 Å². The van der Waals surface area contributed by atoms with E-state index in [2.05, 4.69) is 132 Å². The monoisotopic (exact) mass is 696 g/mol. The smallest absolute Gasteiger partial charge is 0.202 e. The second-order valence-electron chi connectivity index (χ2n) is 13.7. The lowest BCUT2D eigenvalue weighted by molar-refractivity contribution is 0.627. The minimum atomic E-state index is -0.325. The van der Waals surface area contributed by atoms with Gasteiger partial charge >= 0.3 is 0 Å². The first-order chi connectivity index (χ1) is 26.8. The van der Waals surface area contributed by atoms with Gasteiger partial charge in [0.1, 0.15) is 28.8 Å². The summed E-state index contributed by atoms with van der Waals surface area (Å²) in [7, 11) is 0. The van der Waals surface area contributed by atoms with Gasteiger partial charge in [0.15, 0.2) is 5.84 Å². The third kappa shape index (κ3) is 4.88. The second kappa shape index (κ2) is 12.2. The summed E-state index contributed by atoms with van der Waals surface area (Å²) in [5.74, 6) is 2.20. The molecule has 0 amide bonds. The van der Waals surface area contributed by atoms with Gasteiger partial charge in [-0.05, 0) is 56.8 Å². The number of benzene rings is 7. The van der Waals surface area contributed by atoms with Gasteiger partial charge in [-0.15, -0.1) is 0 Å². The number of furan rings is 2. The van der Waals surface area contributed by atoms with E-state index in [0.717, 1.165) is 99.9 Å². The molecule has 256 valence electrons. The van der Waals surface area contributed by atoms with Crippen LogP contribution in [0.4, 0.5) is 5.88 Å². The summed E-state index contributed by atoms with van der Waals surface area (Å²) < 4.78 is 12.4. The van der Waals surface area contributed by atoms with Crippen LogP contribution < -0.4 is 10.6 Å². The van der Waals surface area contributed by atoms with Crippen LogP contribution in [0.25, 0.3) is 71.5 Å². The highest BCUT2D eigenvalue weighted by Crippen LogP contribution is 2.41. The van der Waals surface area contributed by atoms with Crippen molar-refractivity contribution < 1.29 is 8.83 Å². The Morgan fingerprint density at radius 3 is 1.94 bits per heavy atom. The van der Waals surface area contributed by atoms with E-state index in [-0.39, 0.29) is 6.17 Å². The Hall–Kier alpha value is -7.18. The van der Waals surface area contributed by atoms with Crippen LogP contribution in [0.1, 0.15) is 22.9 Å². The van der Waals surface area contributed by atoms with E-state index >= 15 is 0 Å². The molecule has 2 N–H and O–H groups in total. The Bertz CT molecular complexity index is 3020. The summed E-state index contributed by atoms with van der Waals surface area (Å²) in [5.41, 5.74) is 11.3. The number of anilines is 1.